The number of amides is 1. The first kappa shape index (κ1) is 11.3. The Bertz CT molecular complexity index is 412. The zero-order chi connectivity index (χ0) is 11.3. The van der Waals surface area contributed by atoms with Gasteiger partial charge in [0.25, 0.3) is 0 Å². The van der Waals surface area contributed by atoms with Crippen LogP contribution in [0.3, 0.4) is 0 Å². The molecule has 1 aromatic carbocycles. The van der Waals surface area contributed by atoms with Crippen LogP contribution in [-0.4, -0.2) is 13.0 Å². The lowest BCUT2D eigenvalue weighted by Gasteiger charge is -2.06. The number of ether oxygens (including phenoxy) is 1. The third kappa shape index (κ3) is 3.15. The van der Waals surface area contributed by atoms with Crippen LogP contribution in [0, 0.1) is 11.3 Å². The quantitative estimate of drug-likeness (QED) is 0.856. The maximum Gasteiger partial charge on any atom is 0.238 e. The second-order valence-electron chi connectivity index (χ2n) is 2.73. The summed E-state index contributed by atoms with van der Waals surface area (Å²) in [6, 6.07) is 6.63. The number of halogens is 1. The monoisotopic (exact) mass is 224 g/mol. The largest absolute Gasteiger partial charge is 0.497 e. The van der Waals surface area contributed by atoms with Crippen LogP contribution in [-0.2, 0) is 4.79 Å². The maximum atomic E-state index is 11.1. The van der Waals surface area contributed by atoms with Crippen LogP contribution in [0.1, 0.15) is 6.42 Å². The van der Waals surface area contributed by atoms with Crippen molar-refractivity contribution in [2.24, 2.45) is 0 Å². The average molecular weight is 225 g/mol. The molecule has 0 heterocycles. The van der Waals surface area contributed by atoms with Gasteiger partial charge in [-0.15, -0.1) is 0 Å². The summed E-state index contributed by atoms with van der Waals surface area (Å²) in [5.74, 6) is 0.225. The van der Waals surface area contributed by atoms with Crippen LogP contribution in [0.15, 0.2) is 18.2 Å². The Balaban J connectivity index is 2.79. The van der Waals surface area contributed by atoms with E-state index in [9.17, 15) is 4.79 Å². The number of benzene rings is 1. The molecular formula is C10H9ClN2O2. The Hall–Kier alpha value is -1.73. The van der Waals surface area contributed by atoms with E-state index >= 15 is 0 Å². The van der Waals surface area contributed by atoms with Gasteiger partial charge in [-0.2, -0.15) is 5.26 Å². The molecule has 1 aromatic rings. The molecular weight excluding hydrogens is 216 g/mol. The zero-order valence-electron chi connectivity index (χ0n) is 8.08. The molecule has 78 valence electrons. The van der Waals surface area contributed by atoms with Crippen molar-refractivity contribution in [1.29, 1.82) is 5.26 Å². The summed E-state index contributed by atoms with van der Waals surface area (Å²) in [4.78, 5) is 11.1. The van der Waals surface area contributed by atoms with Gasteiger partial charge in [0.1, 0.15) is 12.2 Å². The van der Waals surface area contributed by atoms with Crippen LogP contribution in [0.2, 0.25) is 5.02 Å². The van der Waals surface area contributed by atoms with E-state index in [1.807, 2.05) is 0 Å². The molecule has 0 aliphatic carbocycles. The predicted molar refractivity (Wildman–Crippen MR) is 56.9 cm³/mol. The fraction of sp³-hybridized carbons (Fsp3) is 0.200. The molecule has 0 saturated heterocycles. The Labute approximate surface area is 92.4 Å². The number of nitrogens with one attached hydrogen (secondary N) is 1. The van der Waals surface area contributed by atoms with Crippen LogP contribution < -0.4 is 10.1 Å². The number of carbonyl (C=O) groups is 1. The van der Waals surface area contributed by atoms with E-state index < -0.39 is 0 Å². The molecule has 0 unspecified atom stereocenters. The van der Waals surface area contributed by atoms with Crippen molar-refractivity contribution >= 4 is 23.2 Å². The van der Waals surface area contributed by atoms with E-state index in [0.29, 0.717) is 16.5 Å². The Kier molecular flexibility index (Phi) is 3.95. The molecule has 0 spiro atoms. The van der Waals surface area contributed by atoms with Crippen molar-refractivity contribution in [3.8, 4) is 11.8 Å². The minimum absolute atomic E-state index is 0.192. The molecule has 0 aliphatic heterocycles. The van der Waals surface area contributed by atoms with Crippen molar-refractivity contribution in [3.05, 3.63) is 23.2 Å². The highest BCUT2D eigenvalue weighted by Gasteiger charge is 2.05. The third-order valence-electron chi connectivity index (χ3n) is 1.69. The number of carbonyl (C=O) groups excluding carboxylic acids is 1. The van der Waals surface area contributed by atoms with Gasteiger partial charge in [-0.1, -0.05) is 11.6 Å². The smallest absolute Gasteiger partial charge is 0.238 e. The number of methoxy groups -OCH3 is 1. The van der Waals surface area contributed by atoms with Gasteiger partial charge in [-0.25, -0.2) is 0 Å². The number of rotatable bonds is 3. The highest BCUT2D eigenvalue weighted by molar-refractivity contribution is 6.33. The van der Waals surface area contributed by atoms with Crippen molar-refractivity contribution in [3.63, 3.8) is 0 Å². The Morgan fingerprint density at radius 3 is 2.93 bits per heavy atom. The zero-order valence-corrected chi connectivity index (χ0v) is 8.84. The minimum Gasteiger partial charge on any atom is -0.497 e. The molecule has 0 saturated carbocycles. The lowest BCUT2D eigenvalue weighted by Crippen LogP contribution is -2.10. The lowest BCUT2D eigenvalue weighted by molar-refractivity contribution is -0.115. The van der Waals surface area contributed by atoms with Crippen LogP contribution >= 0.6 is 11.6 Å². The standard InChI is InChI=1S/C10H9ClN2O2/c1-15-7-2-3-9(8(11)6-7)13-10(14)4-5-12/h2-3,6H,4H2,1H3,(H,13,14). The second kappa shape index (κ2) is 5.23. The fourth-order valence-electron chi connectivity index (χ4n) is 0.990. The summed E-state index contributed by atoms with van der Waals surface area (Å²) < 4.78 is 4.95. The highest BCUT2D eigenvalue weighted by atomic mass is 35.5. The summed E-state index contributed by atoms with van der Waals surface area (Å²) in [5.41, 5.74) is 0.470. The first-order chi connectivity index (χ1) is 7.17. The molecule has 0 fully saturated rings. The van der Waals surface area contributed by atoms with Gasteiger partial charge >= 0.3 is 0 Å². The van der Waals surface area contributed by atoms with Crippen molar-refractivity contribution < 1.29 is 9.53 Å². The number of anilines is 1. The van der Waals surface area contributed by atoms with Crippen molar-refractivity contribution in [1.82, 2.24) is 0 Å². The number of hydrogen-bond acceptors (Lipinski definition) is 3. The molecule has 0 radical (unpaired) electrons. The van der Waals surface area contributed by atoms with Crippen molar-refractivity contribution in [2.45, 2.75) is 6.42 Å². The predicted octanol–water partition coefficient (Wildman–Crippen LogP) is 2.20. The topological polar surface area (TPSA) is 62.1 Å². The molecule has 4 nitrogen and oxygen atoms in total. The van der Waals surface area contributed by atoms with E-state index in [2.05, 4.69) is 5.32 Å². The first-order valence-corrected chi connectivity index (χ1v) is 4.55. The van der Waals surface area contributed by atoms with Gasteiger partial charge in [-0.05, 0) is 12.1 Å². The summed E-state index contributed by atoms with van der Waals surface area (Å²) in [5, 5.41) is 11.2. The summed E-state index contributed by atoms with van der Waals surface area (Å²) in [6.45, 7) is 0. The minimum atomic E-state index is -0.385. The number of nitrogens with zero attached hydrogens (tertiary/aromatic N) is 1. The van der Waals surface area contributed by atoms with E-state index in [4.69, 9.17) is 21.6 Å². The summed E-state index contributed by atoms with van der Waals surface area (Å²) >= 11 is 5.87. The second-order valence-corrected chi connectivity index (χ2v) is 3.14. The van der Waals surface area contributed by atoms with Gasteiger partial charge in [0.2, 0.25) is 5.91 Å². The average Bonchev–Trinajstić information content (AvgIpc) is 2.21. The normalized spacial score (nSPS) is 9.13. The molecule has 5 heteroatoms. The van der Waals surface area contributed by atoms with Crippen LogP contribution in [0.25, 0.3) is 0 Å². The van der Waals surface area contributed by atoms with Gasteiger partial charge < -0.3 is 10.1 Å². The van der Waals surface area contributed by atoms with Gasteiger partial charge in [0.05, 0.1) is 23.9 Å². The molecule has 0 bridgehead atoms. The van der Waals surface area contributed by atoms with E-state index in [-0.39, 0.29) is 12.3 Å². The van der Waals surface area contributed by atoms with E-state index in [0.717, 1.165) is 0 Å². The van der Waals surface area contributed by atoms with Gasteiger partial charge in [-0.3, -0.25) is 4.79 Å². The van der Waals surface area contributed by atoms with E-state index in [1.165, 1.54) is 7.11 Å². The summed E-state index contributed by atoms with van der Waals surface area (Å²) in [6.07, 6.45) is -0.192. The molecule has 1 amide bonds. The Morgan fingerprint density at radius 1 is 1.67 bits per heavy atom. The van der Waals surface area contributed by atoms with Crippen LogP contribution in [0.4, 0.5) is 5.69 Å². The SMILES string of the molecule is COc1ccc(NC(=O)CC#N)c(Cl)c1. The van der Waals surface area contributed by atoms with Gasteiger partial charge in [0.15, 0.2) is 0 Å². The molecule has 0 atom stereocenters. The van der Waals surface area contributed by atoms with Crippen molar-refractivity contribution in [2.75, 3.05) is 12.4 Å². The highest BCUT2D eigenvalue weighted by Crippen LogP contribution is 2.26. The maximum absolute atomic E-state index is 11.1. The molecule has 0 aromatic heterocycles. The summed E-state index contributed by atoms with van der Waals surface area (Å²) in [7, 11) is 1.53. The van der Waals surface area contributed by atoms with E-state index in [1.54, 1.807) is 24.3 Å². The Morgan fingerprint density at radius 2 is 2.40 bits per heavy atom. The molecule has 1 N–H and O–H groups in total. The fourth-order valence-corrected chi connectivity index (χ4v) is 1.21. The lowest BCUT2D eigenvalue weighted by atomic mass is 10.3. The first-order valence-electron chi connectivity index (χ1n) is 4.17. The van der Waals surface area contributed by atoms with Crippen LogP contribution in [0.5, 0.6) is 5.75 Å². The third-order valence-corrected chi connectivity index (χ3v) is 2.00. The molecule has 15 heavy (non-hydrogen) atoms. The number of nitriles is 1. The van der Waals surface area contributed by atoms with Gasteiger partial charge in [0, 0.05) is 6.07 Å². The number of hydrogen-bond donors (Lipinski definition) is 1. The molecule has 1 rings (SSSR count). The molecule has 0 aliphatic rings.